The molecule has 3 rings (SSSR count). The van der Waals surface area contributed by atoms with Crippen LogP contribution in [0.3, 0.4) is 0 Å². The van der Waals surface area contributed by atoms with Gasteiger partial charge in [0.15, 0.2) is 17.2 Å². The van der Waals surface area contributed by atoms with Crippen LogP contribution < -0.4 is 0 Å². The van der Waals surface area contributed by atoms with Crippen LogP contribution in [0.4, 0.5) is 0 Å². The summed E-state index contributed by atoms with van der Waals surface area (Å²) in [4.78, 5) is 22.3. The van der Waals surface area contributed by atoms with Crippen molar-refractivity contribution in [3.8, 4) is 17.3 Å². The van der Waals surface area contributed by atoms with E-state index in [1.807, 2.05) is 0 Å². The zero-order valence-electron chi connectivity index (χ0n) is 9.44. The molecule has 3 aromatic heterocycles. The summed E-state index contributed by atoms with van der Waals surface area (Å²) in [5.41, 5.74) is 0.363. The first-order chi connectivity index (χ1) is 9.16. The quantitative estimate of drug-likeness (QED) is 0.718. The predicted octanol–water partition coefficient (Wildman–Crippen LogP) is 1.69. The number of aromatic carboxylic acids is 1. The highest BCUT2D eigenvalue weighted by molar-refractivity contribution is 5.90. The van der Waals surface area contributed by atoms with Crippen molar-refractivity contribution in [2.75, 3.05) is 0 Å². The van der Waals surface area contributed by atoms with Gasteiger partial charge in [0.1, 0.15) is 0 Å². The topological polar surface area (TPSA) is 109 Å². The molecule has 0 aliphatic rings. The number of pyridine rings is 1. The van der Waals surface area contributed by atoms with Gasteiger partial charge >= 0.3 is 5.97 Å². The molecule has 7 nitrogen and oxygen atoms in total. The molecule has 0 spiro atoms. The molecule has 0 radical (unpaired) electrons. The number of hydrogen-bond donors (Lipinski definition) is 2. The Morgan fingerprint density at radius 1 is 1.21 bits per heavy atom. The molecule has 0 aromatic carbocycles. The van der Waals surface area contributed by atoms with E-state index in [1.165, 1.54) is 12.4 Å². The Morgan fingerprint density at radius 2 is 1.95 bits per heavy atom. The van der Waals surface area contributed by atoms with E-state index < -0.39 is 5.97 Å². The lowest BCUT2D eigenvalue weighted by Gasteiger charge is -1.97. The summed E-state index contributed by atoms with van der Waals surface area (Å²) in [5.74, 6) is -1.02. The van der Waals surface area contributed by atoms with Gasteiger partial charge in [-0.15, -0.1) is 0 Å². The van der Waals surface area contributed by atoms with Crippen molar-refractivity contribution >= 4 is 16.9 Å². The van der Waals surface area contributed by atoms with Gasteiger partial charge < -0.3 is 14.6 Å². The summed E-state index contributed by atoms with van der Waals surface area (Å²) in [6.07, 6.45) is 5.28. The monoisotopic (exact) mass is 257 g/mol. The Labute approximate surface area is 106 Å². The SMILES string of the molecule is O=C(O)c1cnc(-c2oc3cnccc3c2O)nc1. The lowest BCUT2D eigenvalue weighted by molar-refractivity contribution is 0.0696. The molecule has 0 aliphatic heterocycles. The van der Waals surface area contributed by atoms with Gasteiger partial charge in [0.05, 0.1) is 17.1 Å². The molecule has 7 heteroatoms. The Bertz CT molecular complexity index is 764. The minimum Gasteiger partial charge on any atom is -0.504 e. The molecule has 0 bridgehead atoms. The van der Waals surface area contributed by atoms with Crippen LogP contribution in [0.25, 0.3) is 22.6 Å². The van der Waals surface area contributed by atoms with Crippen molar-refractivity contribution in [2.45, 2.75) is 0 Å². The number of aromatic hydroxyl groups is 1. The van der Waals surface area contributed by atoms with Gasteiger partial charge in [0.25, 0.3) is 0 Å². The standard InChI is InChI=1S/C12H7N3O4/c16-9-7-1-2-13-5-8(7)19-10(9)11-14-3-6(4-15-11)12(17)18/h1-5,16H,(H,17,18). The van der Waals surface area contributed by atoms with E-state index in [0.29, 0.717) is 11.0 Å². The zero-order chi connectivity index (χ0) is 13.4. The third-order valence-corrected chi connectivity index (χ3v) is 2.57. The number of aromatic nitrogens is 3. The highest BCUT2D eigenvalue weighted by Crippen LogP contribution is 2.36. The van der Waals surface area contributed by atoms with Gasteiger partial charge in [-0.2, -0.15) is 0 Å². The highest BCUT2D eigenvalue weighted by atomic mass is 16.4. The second kappa shape index (κ2) is 4.05. The maximum Gasteiger partial charge on any atom is 0.338 e. The Morgan fingerprint density at radius 3 is 2.58 bits per heavy atom. The van der Waals surface area contributed by atoms with E-state index in [2.05, 4.69) is 15.0 Å². The lowest BCUT2D eigenvalue weighted by Crippen LogP contribution is -1.99. The molecule has 0 amide bonds. The van der Waals surface area contributed by atoms with E-state index in [-0.39, 0.29) is 22.9 Å². The predicted molar refractivity (Wildman–Crippen MR) is 63.7 cm³/mol. The summed E-state index contributed by atoms with van der Waals surface area (Å²) < 4.78 is 5.40. The van der Waals surface area contributed by atoms with Crippen LogP contribution >= 0.6 is 0 Å². The number of furan rings is 1. The summed E-state index contributed by atoms with van der Waals surface area (Å²) in [6.45, 7) is 0. The second-order valence-corrected chi connectivity index (χ2v) is 3.75. The smallest absolute Gasteiger partial charge is 0.338 e. The minimum absolute atomic E-state index is 0.0407. The second-order valence-electron chi connectivity index (χ2n) is 3.75. The Hall–Kier alpha value is -2.96. The number of nitrogens with zero attached hydrogens (tertiary/aromatic N) is 3. The average Bonchev–Trinajstić information content (AvgIpc) is 2.77. The fourth-order valence-electron chi connectivity index (χ4n) is 1.64. The van der Waals surface area contributed by atoms with Gasteiger partial charge in [0, 0.05) is 18.6 Å². The molecule has 0 fully saturated rings. The summed E-state index contributed by atoms with van der Waals surface area (Å²) in [7, 11) is 0. The largest absolute Gasteiger partial charge is 0.504 e. The maximum atomic E-state index is 10.7. The van der Waals surface area contributed by atoms with Crippen LogP contribution in [0.15, 0.2) is 35.3 Å². The van der Waals surface area contributed by atoms with Crippen LogP contribution in [0.1, 0.15) is 10.4 Å². The van der Waals surface area contributed by atoms with Gasteiger partial charge in [-0.25, -0.2) is 14.8 Å². The van der Waals surface area contributed by atoms with E-state index in [1.54, 1.807) is 6.07 Å². The van der Waals surface area contributed by atoms with E-state index in [4.69, 9.17) is 9.52 Å². The molecule has 0 atom stereocenters. The third kappa shape index (κ3) is 1.77. The van der Waals surface area contributed by atoms with Crippen molar-refractivity contribution in [3.63, 3.8) is 0 Å². The van der Waals surface area contributed by atoms with Gasteiger partial charge in [0.2, 0.25) is 5.76 Å². The molecule has 3 heterocycles. The number of carboxylic acid groups (broad SMARTS) is 1. The molecule has 19 heavy (non-hydrogen) atoms. The highest BCUT2D eigenvalue weighted by Gasteiger charge is 2.17. The molecule has 0 saturated heterocycles. The first kappa shape index (κ1) is 11.1. The molecule has 0 saturated carbocycles. The van der Waals surface area contributed by atoms with Crippen LogP contribution in [0.2, 0.25) is 0 Å². The molecular weight excluding hydrogens is 250 g/mol. The van der Waals surface area contributed by atoms with Gasteiger partial charge in [-0.1, -0.05) is 0 Å². The minimum atomic E-state index is -1.12. The lowest BCUT2D eigenvalue weighted by atomic mass is 10.2. The molecule has 2 N–H and O–H groups in total. The van der Waals surface area contributed by atoms with Crippen molar-refractivity contribution in [3.05, 3.63) is 36.4 Å². The van der Waals surface area contributed by atoms with E-state index in [9.17, 15) is 9.90 Å². The summed E-state index contributed by atoms with van der Waals surface area (Å²) in [5, 5.41) is 19.3. The Kier molecular flexibility index (Phi) is 2.38. The molecule has 0 unspecified atom stereocenters. The number of hydrogen-bond acceptors (Lipinski definition) is 6. The summed E-state index contributed by atoms with van der Waals surface area (Å²) in [6, 6.07) is 1.60. The van der Waals surface area contributed by atoms with Crippen LogP contribution in [0.5, 0.6) is 5.75 Å². The third-order valence-electron chi connectivity index (χ3n) is 2.57. The number of carbonyl (C=O) groups is 1. The van der Waals surface area contributed by atoms with Crippen LogP contribution in [-0.2, 0) is 0 Å². The first-order valence-corrected chi connectivity index (χ1v) is 5.28. The fraction of sp³-hybridized carbons (Fsp3) is 0. The maximum absolute atomic E-state index is 10.7. The van der Waals surface area contributed by atoms with Crippen molar-refractivity contribution in [1.29, 1.82) is 0 Å². The Balaban J connectivity index is 2.13. The molecule has 0 aliphatic carbocycles. The van der Waals surface area contributed by atoms with Crippen LogP contribution in [0, 0.1) is 0 Å². The van der Waals surface area contributed by atoms with Crippen molar-refractivity contribution in [2.24, 2.45) is 0 Å². The number of fused-ring (bicyclic) bond motifs is 1. The first-order valence-electron chi connectivity index (χ1n) is 5.28. The molecule has 94 valence electrons. The number of carboxylic acids is 1. The van der Waals surface area contributed by atoms with Gasteiger partial charge in [-0.3, -0.25) is 4.98 Å². The summed E-state index contributed by atoms with van der Waals surface area (Å²) >= 11 is 0. The molecule has 3 aromatic rings. The number of rotatable bonds is 2. The van der Waals surface area contributed by atoms with Crippen molar-refractivity contribution < 1.29 is 19.4 Å². The van der Waals surface area contributed by atoms with Gasteiger partial charge in [-0.05, 0) is 6.07 Å². The zero-order valence-corrected chi connectivity index (χ0v) is 9.44. The van der Waals surface area contributed by atoms with Crippen LogP contribution in [-0.4, -0.2) is 31.1 Å². The van der Waals surface area contributed by atoms with Crippen molar-refractivity contribution in [1.82, 2.24) is 15.0 Å². The normalized spacial score (nSPS) is 10.7. The molecular formula is C12H7N3O4. The fourth-order valence-corrected chi connectivity index (χ4v) is 1.64. The van der Waals surface area contributed by atoms with E-state index >= 15 is 0 Å². The average molecular weight is 257 g/mol. The van der Waals surface area contributed by atoms with E-state index in [0.717, 1.165) is 12.4 Å².